The number of hydrogen-bond donors (Lipinski definition) is 1. The molecule has 0 aromatic carbocycles. The summed E-state index contributed by atoms with van der Waals surface area (Å²) < 4.78 is 4.94. The Bertz CT molecular complexity index is 54.4. The van der Waals surface area contributed by atoms with Gasteiger partial charge in [0.15, 0.2) is 0 Å². The normalized spacial score (nSPS) is 6.25. The first-order chi connectivity index (χ1) is 1.73. The molecule has 0 saturated carbocycles. The van der Waals surface area contributed by atoms with Gasteiger partial charge in [-0.3, -0.25) is 0 Å². The van der Waals surface area contributed by atoms with Crippen LogP contribution < -0.4 is 4.29 Å². The summed E-state index contributed by atoms with van der Waals surface area (Å²) in [6.45, 7) is 0. The minimum atomic E-state index is -1.86. The van der Waals surface area contributed by atoms with Crippen molar-refractivity contribution in [2.75, 3.05) is 0 Å². The van der Waals surface area contributed by atoms with Crippen molar-refractivity contribution in [2.24, 2.45) is 4.29 Å². The summed E-state index contributed by atoms with van der Waals surface area (Å²) in [6, 6.07) is 0. The molecule has 2 N–H and O–H groups in total. The fourth-order valence-corrected chi connectivity index (χ4v) is 0. The third-order valence-electron chi connectivity index (χ3n) is 0. The summed E-state index contributed by atoms with van der Waals surface area (Å²) in [7, 11) is 8.81. The first-order valence-corrected chi connectivity index (χ1v) is 10.1. The fourth-order valence-electron chi connectivity index (χ4n) is 0. The van der Waals surface area contributed by atoms with Crippen molar-refractivity contribution in [3.63, 3.8) is 0 Å². The second kappa shape index (κ2) is 2.33. The molecule has 1 nitrogen and oxygen atoms in total. The van der Waals surface area contributed by atoms with E-state index in [0.29, 0.717) is 0 Å². The molecule has 0 bridgehead atoms. The summed E-state index contributed by atoms with van der Waals surface area (Å²) in [4.78, 5) is 0. The minimum absolute atomic E-state index is 1.86. The zero-order valence-corrected chi connectivity index (χ0v) is 6.37. The molecular formula is H2NS2W. The summed E-state index contributed by atoms with van der Waals surface area (Å²) in [5, 5.41) is 0. The van der Waals surface area contributed by atoms with E-state index in [2.05, 4.69) is 19.6 Å². The Morgan fingerprint density at radius 2 is 1.50 bits per heavy atom. The van der Waals surface area contributed by atoms with Gasteiger partial charge in [0.25, 0.3) is 0 Å². The number of hydrogen-bond acceptors (Lipinski definition) is 2. The molecule has 0 rings (SSSR count). The maximum atomic E-state index is 4.94. The monoisotopic (exact) mass is 264 g/mol. The van der Waals surface area contributed by atoms with Gasteiger partial charge in [0.05, 0.1) is 0 Å². The molecule has 25 valence electrons. The molecule has 4 heteroatoms. The van der Waals surface area contributed by atoms with E-state index in [1.807, 2.05) is 0 Å². The van der Waals surface area contributed by atoms with Gasteiger partial charge in [-0.1, -0.05) is 0 Å². The first kappa shape index (κ1) is 5.09. The van der Waals surface area contributed by atoms with E-state index >= 15 is 0 Å². The predicted molar refractivity (Wildman–Crippen MR) is 19.4 cm³/mol. The van der Waals surface area contributed by atoms with Crippen molar-refractivity contribution in [3.8, 4) is 0 Å². The average molecular weight is 264 g/mol. The SMILES string of the molecule is [NH2][W](=[S])=[S]. The summed E-state index contributed by atoms with van der Waals surface area (Å²) in [5.74, 6) is 0. The van der Waals surface area contributed by atoms with Gasteiger partial charge in [-0.25, -0.2) is 0 Å². The summed E-state index contributed by atoms with van der Waals surface area (Å²) in [6.07, 6.45) is 0. The van der Waals surface area contributed by atoms with E-state index < -0.39 is 13.9 Å². The summed E-state index contributed by atoms with van der Waals surface area (Å²) >= 11 is -1.86. The quantitative estimate of drug-likeness (QED) is 0.697. The van der Waals surface area contributed by atoms with E-state index in [-0.39, 0.29) is 0 Å². The molecule has 0 unspecified atom stereocenters. The van der Waals surface area contributed by atoms with Crippen molar-refractivity contribution < 1.29 is 13.9 Å². The number of nitrogens with two attached hydrogens (primary N) is 1. The van der Waals surface area contributed by atoms with Gasteiger partial charge < -0.3 is 0 Å². The Morgan fingerprint density at radius 3 is 1.50 bits per heavy atom. The first-order valence-electron chi connectivity index (χ1n) is 0.569. The Labute approximate surface area is 37.9 Å². The third-order valence-corrected chi connectivity index (χ3v) is 0. The molecule has 0 spiro atoms. The van der Waals surface area contributed by atoms with Crippen LogP contribution in [0.2, 0.25) is 0 Å². The molecule has 0 heterocycles. The van der Waals surface area contributed by atoms with Gasteiger partial charge >= 0.3 is 37.9 Å². The zero-order valence-electron chi connectivity index (χ0n) is 1.80. The second-order valence-electron chi connectivity index (χ2n) is 0.260. The standard InChI is InChI=1S/H2N.2S.W/h1H2;;;/q-1;;;+1. The Balaban J connectivity index is 3.51. The van der Waals surface area contributed by atoms with Crippen LogP contribution >= 0.6 is 19.6 Å². The van der Waals surface area contributed by atoms with E-state index in [0.717, 1.165) is 0 Å². The van der Waals surface area contributed by atoms with Gasteiger partial charge in [0.2, 0.25) is 0 Å². The van der Waals surface area contributed by atoms with Crippen molar-refractivity contribution in [1.82, 2.24) is 0 Å². The van der Waals surface area contributed by atoms with Gasteiger partial charge in [-0.05, 0) is 0 Å². The van der Waals surface area contributed by atoms with Crippen LogP contribution in [-0.2, 0) is 13.9 Å². The molecule has 4 heavy (non-hydrogen) atoms. The average Bonchev–Trinajstić information content (AvgIpc) is 0.811. The van der Waals surface area contributed by atoms with Crippen molar-refractivity contribution in [2.45, 2.75) is 0 Å². The molecule has 0 amide bonds. The van der Waals surface area contributed by atoms with Crippen LogP contribution in [0.15, 0.2) is 0 Å². The van der Waals surface area contributed by atoms with Crippen LogP contribution in [0, 0.1) is 0 Å². The zero-order chi connectivity index (χ0) is 3.58. The van der Waals surface area contributed by atoms with Crippen molar-refractivity contribution >= 4 is 19.6 Å². The Hall–Kier alpha value is 1.09. The maximum absolute atomic E-state index is 4.94. The number of rotatable bonds is 0. The third kappa shape index (κ3) is 11.4. The second-order valence-corrected chi connectivity index (χ2v) is 9.74. The van der Waals surface area contributed by atoms with Gasteiger partial charge in [0.1, 0.15) is 0 Å². The van der Waals surface area contributed by atoms with E-state index in [1.165, 1.54) is 0 Å². The van der Waals surface area contributed by atoms with Gasteiger partial charge in [0, 0.05) is 0 Å². The van der Waals surface area contributed by atoms with Crippen molar-refractivity contribution in [3.05, 3.63) is 0 Å². The molecule has 0 fully saturated rings. The van der Waals surface area contributed by atoms with Crippen LogP contribution in [-0.4, -0.2) is 0 Å². The molecular weight excluding hydrogens is 262 g/mol. The molecule has 0 radical (unpaired) electrons. The predicted octanol–water partition coefficient (Wildman–Crippen LogP) is 0.703. The Morgan fingerprint density at radius 1 is 1.50 bits per heavy atom. The molecule has 0 atom stereocenters. The van der Waals surface area contributed by atoms with Crippen LogP contribution in [0.25, 0.3) is 0 Å². The van der Waals surface area contributed by atoms with Crippen LogP contribution in [0.3, 0.4) is 0 Å². The molecule has 0 aromatic heterocycles. The van der Waals surface area contributed by atoms with Gasteiger partial charge in [-0.15, -0.1) is 0 Å². The topological polar surface area (TPSA) is 26.0 Å². The molecule has 0 aromatic rings. The van der Waals surface area contributed by atoms with Crippen LogP contribution in [0.1, 0.15) is 0 Å². The van der Waals surface area contributed by atoms with Crippen LogP contribution in [0.4, 0.5) is 0 Å². The van der Waals surface area contributed by atoms with Gasteiger partial charge in [-0.2, -0.15) is 0 Å². The molecule has 0 saturated heterocycles. The van der Waals surface area contributed by atoms with Crippen molar-refractivity contribution in [1.29, 1.82) is 0 Å². The van der Waals surface area contributed by atoms with E-state index in [4.69, 9.17) is 4.29 Å². The van der Waals surface area contributed by atoms with Crippen LogP contribution in [0.5, 0.6) is 0 Å². The van der Waals surface area contributed by atoms with E-state index in [1.54, 1.807) is 0 Å². The summed E-state index contributed by atoms with van der Waals surface area (Å²) in [5.41, 5.74) is 0. The fraction of sp³-hybridized carbons (Fsp3) is 0. The Kier molecular flexibility index (Phi) is 2.97. The molecule has 0 aliphatic heterocycles. The molecule has 0 aliphatic rings. The van der Waals surface area contributed by atoms with E-state index in [9.17, 15) is 0 Å². The molecule has 0 aliphatic carbocycles.